The third kappa shape index (κ3) is 3.01. The second-order valence-corrected chi connectivity index (χ2v) is 6.23. The molecule has 1 aliphatic heterocycles. The number of pyridine rings is 1. The summed E-state index contributed by atoms with van der Waals surface area (Å²) in [5.41, 5.74) is 1.40. The zero-order valence-corrected chi connectivity index (χ0v) is 13.1. The first-order valence-electron chi connectivity index (χ1n) is 6.75. The number of amides is 2. The monoisotopic (exact) mass is 322 g/mol. The van der Waals surface area contributed by atoms with E-state index >= 15 is 0 Å². The Morgan fingerprint density at radius 3 is 3.10 bits per heavy atom. The summed E-state index contributed by atoms with van der Waals surface area (Å²) in [5, 5.41) is 6.27. The molecule has 1 aliphatic rings. The standard InChI is InChI=1S/C14H15ClN4OS/c1-9-10(4-5-12(15)17-9)18-14(20)19-7-2-3-11(19)13-16-6-8-21-13/h4-6,8,11H,2-3,7H2,1H3,(H,18,20)/t11-/m0/s1. The molecule has 110 valence electrons. The average Bonchev–Trinajstić information content (AvgIpc) is 3.10. The number of urea groups is 1. The van der Waals surface area contributed by atoms with Gasteiger partial charge in [0.05, 0.1) is 17.4 Å². The molecule has 2 aromatic rings. The average molecular weight is 323 g/mol. The minimum atomic E-state index is -0.111. The summed E-state index contributed by atoms with van der Waals surface area (Å²) >= 11 is 7.42. The lowest BCUT2D eigenvalue weighted by Crippen LogP contribution is -2.34. The highest BCUT2D eigenvalue weighted by Gasteiger charge is 2.31. The highest BCUT2D eigenvalue weighted by molar-refractivity contribution is 7.09. The molecule has 1 N–H and O–H groups in total. The number of anilines is 1. The lowest BCUT2D eigenvalue weighted by Gasteiger charge is -2.23. The first-order valence-corrected chi connectivity index (χ1v) is 8.01. The van der Waals surface area contributed by atoms with Crippen LogP contribution in [0.15, 0.2) is 23.7 Å². The Hall–Kier alpha value is -1.66. The summed E-state index contributed by atoms with van der Waals surface area (Å²) in [7, 11) is 0. The number of aromatic nitrogens is 2. The van der Waals surface area contributed by atoms with E-state index in [2.05, 4.69) is 15.3 Å². The van der Waals surface area contributed by atoms with E-state index < -0.39 is 0 Å². The van der Waals surface area contributed by atoms with E-state index in [1.54, 1.807) is 29.7 Å². The van der Waals surface area contributed by atoms with Crippen LogP contribution < -0.4 is 5.32 Å². The normalized spacial score (nSPS) is 18.0. The van der Waals surface area contributed by atoms with Crippen molar-refractivity contribution in [2.75, 3.05) is 11.9 Å². The first-order chi connectivity index (χ1) is 10.1. The number of aryl methyl sites for hydroxylation is 1. The van der Waals surface area contributed by atoms with Gasteiger partial charge in [0.25, 0.3) is 0 Å². The minimum Gasteiger partial charge on any atom is -0.315 e. The van der Waals surface area contributed by atoms with Crippen LogP contribution in [-0.4, -0.2) is 27.4 Å². The van der Waals surface area contributed by atoms with Gasteiger partial charge in [-0.15, -0.1) is 11.3 Å². The number of nitrogens with one attached hydrogen (secondary N) is 1. The Labute approximate surface area is 132 Å². The van der Waals surface area contributed by atoms with E-state index in [9.17, 15) is 4.79 Å². The van der Waals surface area contributed by atoms with Gasteiger partial charge in [-0.1, -0.05) is 11.6 Å². The first kappa shape index (κ1) is 14.3. The van der Waals surface area contributed by atoms with Gasteiger partial charge in [-0.05, 0) is 31.9 Å². The fourth-order valence-electron chi connectivity index (χ4n) is 2.52. The molecule has 0 aliphatic carbocycles. The zero-order valence-electron chi connectivity index (χ0n) is 11.5. The van der Waals surface area contributed by atoms with Crippen molar-refractivity contribution in [3.8, 4) is 0 Å². The molecule has 1 atom stereocenters. The van der Waals surface area contributed by atoms with Crippen LogP contribution >= 0.6 is 22.9 Å². The number of halogens is 1. The minimum absolute atomic E-state index is 0.0746. The fraction of sp³-hybridized carbons (Fsp3) is 0.357. The Kier molecular flexibility index (Phi) is 4.07. The molecule has 7 heteroatoms. The summed E-state index contributed by atoms with van der Waals surface area (Å²) in [6, 6.07) is 3.41. The summed E-state index contributed by atoms with van der Waals surface area (Å²) in [5.74, 6) is 0. The van der Waals surface area contributed by atoms with E-state index in [-0.39, 0.29) is 12.1 Å². The Balaban J connectivity index is 1.75. The predicted octanol–water partition coefficient (Wildman–Crippen LogP) is 3.87. The molecule has 21 heavy (non-hydrogen) atoms. The lowest BCUT2D eigenvalue weighted by molar-refractivity contribution is 0.207. The summed E-state index contributed by atoms with van der Waals surface area (Å²) in [4.78, 5) is 22.8. The third-order valence-corrected chi connectivity index (χ3v) is 4.63. The molecule has 0 aromatic carbocycles. The molecule has 3 rings (SSSR count). The molecule has 0 bridgehead atoms. The van der Waals surface area contributed by atoms with E-state index in [0.717, 1.165) is 24.4 Å². The van der Waals surface area contributed by atoms with Gasteiger partial charge in [0.15, 0.2) is 0 Å². The number of carbonyl (C=O) groups is 1. The highest BCUT2D eigenvalue weighted by Crippen LogP contribution is 2.33. The van der Waals surface area contributed by atoms with Gasteiger partial charge in [0, 0.05) is 18.1 Å². The maximum atomic E-state index is 12.5. The third-order valence-electron chi connectivity index (χ3n) is 3.54. The van der Waals surface area contributed by atoms with Crippen molar-refractivity contribution in [3.05, 3.63) is 39.6 Å². The summed E-state index contributed by atoms with van der Waals surface area (Å²) in [6.07, 6.45) is 3.73. The Morgan fingerprint density at radius 2 is 2.38 bits per heavy atom. The van der Waals surface area contributed by atoms with Crippen LogP contribution in [0.4, 0.5) is 10.5 Å². The van der Waals surface area contributed by atoms with Gasteiger partial charge in [0.1, 0.15) is 10.2 Å². The van der Waals surface area contributed by atoms with Crippen LogP contribution in [-0.2, 0) is 0 Å². The highest BCUT2D eigenvalue weighted by atomic mass is 35.5. The lowest BCUT2D eigenvalue weighted by atomic mass is 10.2. The molecule has 2 aromatic heterocycles. The quantitative estimate of drug-likeness (QED) is 0.854. The number of likely N-dealkylation sites (tertiary alicyclic amines) is 1. The van der Waals surface area contributed by atoms with E-state index in [1.807, 2.05) is 17.2 Å². The second-order valence-electron chi connectivity index (χ2n) is 4.92. The zero-order chi connectivity index (χ0) is 14.8. The van der Waals surface area contributed by atoms with Crippen LogP contribution in [0.2, 0.25) is 5.15 Å². The number of thiazole rings is 1. The molecule has 0 spiro atoms. The molecule has 3 heterocycles. The number of hydrogen-bond donors (Lipinski definition) is 1. The van der Waals surface area contributed by atoms with Crippen LogP contribution in [0.25, 0.3) is 0 Å². The smallest absolute Gasteiger partial charge is 0.315 e. The van der Waals surface area contributed by atoms with Gasteiger partial charge in [-0.25, -0.2) is 14.8 Å². The molecule has 5 nitrogen and oxygen atoms in total. The van der Waals surface area contributed by atoms with E-state index in [0.29, 0.717) is 16.5 Å². The Morgan fingerprint density at radius 1 is 1.52 bits per heavy atom. The number of rotatable bonds is 2. The van der Waals surface area contributed by atoms with Crippen molar-refractivity contribution in [2.24, 2.45) is 0 Å². The molecule has 1 fully saturated rings. The molecule has 0 unspecified atom stereocenters. The van der Waals surface area contributed by atoms with E-state index in [1.165, 1.54) is 0 Å². The van der Waals surface area contributed by atoms with Crippen LogP contribution in [0.5, 0.6) is 0 Å². The van der Waals surface area contributed by atoms with Crippen LogP contribution in [0.1, 0.15) is 29.6 Å². The van der Waals surface area contributed by atoms with Crippen molar-refractivity contribution in [3.63, 3.8) is 0 Å². The number of nitrogens with zero attached hydrogens (tertiary/aromatic N) is 3. The molecule has 1 saturated heterocycles. The molecule has 2 amide bonds. The van der Waals surface area contributed by atoms with Crippen molar-refractivity contribution in [2.45, 2.75) is 25.8 Å². The van der Waals surface area contributed by atoms with Gasteiger partial charge in [-0.3, -0.25) is 0 Å². The van der Waals surface area contributed by atoms with Crippen LogP contribution in [0, 0.1) is 6.92 Å². The molecule has 0 saturated carbocycles. The van der Waals surface area contributed by atoms with Crippen molar-refractivity contribution >= 4 is 34.7 Å². The molecule has 0 radical (unpaired) electrons. The number of hydrogen-bond acceptors (Lipinski definition) is 4. The van der Waals surface area contributed by atoms with Gasteiger partial charge >= 0.3 is 6.03 Å². The molecular formula is C14H15ClN4OS. The Bertz CT molecular complexity index is 646. The SMILES string of the molecule is Cc1nc(Cl)ccc1NC(=O)N1CCC[C@H]1c1nccs1. The maximum absolute atomic E-state index is 12.5. The van der Waals surface area contributed by atoms with Gasteiger partial charge < -0.3 is 10.2 Å². The predicted molar refractivity (Wildman–Crippen MR) is 83.8 cm³/mol. The van der Waals surface area contributed by atoms with Crippen molar-refractivity contribution < 1.29 is 4.79 Å². The second kappa shape index (κ2) is 5.99. The van der Waals surface area contributed by atoms with Crippen molar-refractivity contribution in [1.82, 2.24) is 14.9 Å². The summed E-state index contributed by atoms with van der Waals surface area (Å²) < 4.78 is 0. The number of carbonyl (C=O) groups excluding carboxylic acids is 1. The van der Waals surface area contributed by atoms with Crippen LogP contribution in [0.3, 0.4) is 0 Å². The van der Waals surface area contributed by atoms with E-state index in [4.69, 9.17) is 11.6 Å². The summed E-state index contributed by atoms with van der Waals surface area (Å²) in [6.45, 7) is 2.57. The van der Waals surface area contributed by atoms with Gasteiger partial charge in [-0.2, -0.15) is 0 Å². The van der Waals surface area contributed by atoms with Crippen molar-refractivity contribution in [1.29, 1.82) is 0 Å². The fourth-order valence-corrected chi connectivity index (χ4v) is 3.49. The largest absolute Gasteiger partial charge is 0.322 e. The molecular weight excluding hydrogens is 308 g/mol. The van der Waals surface area contributed by atoms with Gasteiger partial charge in [0.2, 0.25) is 0 Å². The maximum Gasteiger partial charge on any atom is 0.322 e. The topological polar surface area (TPSA) is 58.1 Å².